The topological polar surface area (TPSA) is 26.0 Å². The zero-order valence-electron chi connectivity index (χ0n) is 10.0. The fraction of sp³-hybridized carbons (Fsp3) is 0.286. The van der Waals surface area contributed by atoms with Crippen molar-refractivity contribution in [1.29, 1.82) is 0 Å². The minimum Gasteiger partial charge on any atom is -0.327 e. The molecule has 2 aromatic rings. The summed E-state index contributed by atoms with van der Waals surface area (Å²) in [7, 11) is 0. The molecule has 0 fully saturated rings. The first-order valence-electron chi connectivity index (χ1n) is 5.90. The minimum atomic E-state index is 0.232. The summed E-state index contributed by atoms with van der Waals surface area (Å²) in [6, 6.07) is 12.4. The van der Waals surface area contributed by atoms with Crippen LogP contribution in [0, 0.1) is 0 Å². The minimum absolute atomic E-state index is 0.232. The highest BCUT2D eigenvalue weighted by Gasteiger charge is 2.05. The average Bonchev–Trinajstić information content (AvgIpc) is 2.87. The number of rotatable bonds is 6. The molecule has 1 aromatic carbocycles. The Morgan fingerprint density at radius 3 is 2.89 bits per heavy atom. The van der Waals surface area contributed by atoms with Gasteiger partial charge in [0, 0.05) is 26.6 Å². The van der Waals surface area contributed by atoms with Crippen LogP contribution in [-0.4, -0.2) is 11.8 Å². The molecule has 0 radical (unpaired) electrons. The van der Waals surface area contributed by atoms with E-state index in [4.69, 9.17) is 17.3 Å². The molecule has 2 N–H and O–H groups in total. The maximum Gasteiger partial charge on any atom is 0.0417 e. The molecule has 1 unspecified atom stereocenters. The van der Waals surface area contributed by atoms with E-state index in [0.29, 0.717) is 0 Å². The van der Waals surface area contributed by atoms with Crippen LogP contribution >= 0.6 is 34.7 Å². The van der Waals surface area contributed by atoms with Gasteiger partial charge in [-0.3, -0.25) is 0 Å². The summed E-state index contributed by atoms with van der Waals surface area (Å²) >= 11 is 9.52. The molecule has 0 aliphatic heterocycles. The molecule has 0 saturated carbocycles. The molecule has 1 nitrogen and oxygen atoms in total. The lowest BCUT2D eigenvalue weighted by Crippen LogP contribution is -2.23. The Morgan fingerprint density at radius 2 is 2.17 bits per heavy atom. The standard InChI is InChI=1S/C14H16ClNS2/c15-11-3-1-4-14(9-11)18-10-12(16)6-7-13-5-2-8-17-13/h1-5,8-9,12H,6-7,10,16H2. The molecule has 96 valence electrons. The van der Waals surface area contributed by atoms with E-state index in [1.807, 2.05) is 18.2 Å². The zero-order valence-corrected chi connectivity index (χ0v) is 12.4. The van der Waals surface area contributed by atoms with E-state index in [-0.39, 0.29) is 6.04 Å². The lowest BCUT2D eigenvalue weighted by atomic mass is 10.2. The van der Waals surface area contributed by atoms with Crippen molar-refractivity contribution in [3.63, 3.8) is 0 Å². The quantitative estimate of drug-likeness (QED) is 0.797. The van der Waals surface area contributed by atoms with Crippen LogP contribution in [0.5, 0.6) is 0 Å². The van der Waals surface area contributed by atoms with Crippen molar-refractivity contribution in [1.82, 2.24) is 0 Å². The number of aryl methyl sites for hydroxylation is 1. The predicted octanol–water partition coefficient (Wildman–Crippen LogP) is 4.45. The van der Waals surface area contributed by atoms with Gasteiger partial charge in [0.1, 0.15) is 0 Å². The molecule has 1 aromatic heterocycles. The predicted molar refractivity (Wildman–Crippen MR) is 82.8 cm³/mol. The molecule has 18 heavy (non-hydrogen) atoms. The first-order chi connectivity index (χ1) is 8.74. The largest absolute Gasteiger partial charge is 0.327 e. The molecule has 0 aliphatic carbocycles. The molecular weight excluding hydrogens is 282 g/mol. The van der Waals surface area contributed by atoms with Gasteiger partial charge in [-0.15, -0.1) is 23.1 Å². The van der Waals surface area contributed by atoms with E-state index >= 15 is 0 Å². The Balaban J connectivity index is 1.73. The van der Waals surface area contributed by atoms with Crippen LogP contribution in [0.2, 0.25) is 5.02 Å². The highest BCUT2D eigenvalue weighted by molar-refractivity contribution is 7.99. The Morgan fingerprint density at radius 1 is 1.28 bits per heavy atom. The first-order valence-corrected chi connectivity index (χ1v) is 8.14. The van der Waals surface area contributed by atoms with E-state index in [0.717, 1.165) is 23.6 Å². The molecular formula is C14H16ClNS2. The van der Waals surface area contributed by atoms with Gasteiger partial charge in [0.2, 0.25) is 0 Å². The summed E-state index contributed by atoms with van der Waals surface area (Å²) in [6.45, 7) is 0. The maximum absolute atomic E-state index is 6.13. The van der Waals surface area contributed by atoms with Crippen molar-refractivity contribution in [2.24, 2.45) is 5.73 Å². The number of thioether (sulfide) groups is 1. The van der Waals surface area contributed by atoms with Crippen LogP contribution in [0.25, 0.3) is 0 Å². The van der Waals surface area contributed by atoms with Crippen LogP contribution in [0.15, 0.2) is 46.7 Å². The molecule has 2 rings (SSSR count). The van der Waals surface area contributed by atoms with Crippen molar-refractivity contribution in [2.45, 2.75) is 23.8 Å². The van der Waals surface area contributed by atoms with Crippen LogP contribution in [0.3, 0.4) is 0 Å². The van der Waals surface area contributed by atoms with Crippen molar-refractivity contribution >= 4 is 34.7 Å². The van der Waals surface area contributed by atoms with E-state index < -0.39 is 0 Å². The number of thiophene rings is 1. The van der Waals surface area contributed by atoms with E-state index in [1.54, 1.807) is 23.1 Å². The van der Waals surface area contributed by atoms with E-state index in [2.05, 4.69) is 23.6 Å². The highest BCUT2D eigenvalue weighted by Crippen LogP contribution is 2.22. The molecule has 0 spiro atoms. The lowest BCUT2D eigenvalue weighted by Gasteiger charge is -2.10. The number of hydrogen-bond acceptors (Lipinski definition) is 3. The third-order valence-electron chi connectivity index (χ3n) is 2.60. The van der Waals surface area contributed by atoms with Crippen molar-refractivity contribution in [2.75, 3.05) is 5.75 Å². The molecule has 0 amide bonds. The SMILES string of the molecule is NC(CCc1cccs1)CSc1cccc(Cl)c1. The number of hydrogen-bond donors (Lipinski definition) is 1. The normalized spacial score (nSPS) is 12.6. The van der Waals surface area contributed by atoms with E-state index in [9.17, 15) is 0 Å². The van der Waals surface area contributed by atoms with Gasteiger partial charge in [-0.2, -0.15) is 0 Å². The average molecular weight is 298 g/mol. The van der Waals surface area contributed by atoms with Gasteiger partial charge in [-0.1, -0.05) is 23.7 Å². The van der Waals surface area contributed by atoms with Crippen molar-refractivity contribution in [3.8, 4) is 0 Å². The van der Waals surface area contributed by atoms with Gasteiger partial charge in [0.05, 0.1) is 0 Å². The van der Waals surface area contributed by atoms with E-state index in [1.165, 1.54) is 9.77 Å². The summed E-state index contributed by atoms with van der Waals surface area (Å²) in [5.74, 6) is 0.936. The summed E-state index contributed by atoms with van der Waals surface area (Å²) < 4.78 is 0. The molecule has 0 saturated heterocycles. The Kier molecular flexibility index (Phi) is 5.57. The van der Waals surface area contributed by atoms with Crippen molar-refractivity contribution < 1.29 is 0 Å². The van der Waals surface area contributed by atoms with Crippen LogP contribution in [0.4, 0.5) is 0 Å². The maximum atomic E-state index is 6.13. The van der Waals surface area contributed by atoms with Crippen LogP contribution in [-0.2, 0) is 6.42 Å². The summed E-state index contributed by atoms with van der Waals surface area (Å²) in [6.07, 6.45) is 2.11. The lowest BCUT2D eigenvalue weighted by molar-refractivity contribution is 0.679. The zero-order chi connectivity index (χ0) is 12.8. The Hall–Kier alpha value is -0.480. The van der Waals surface area contributed by atoms with Gasteiger partial charge in [-0.05, 0) is 42.5 Å². The molecule has 4 heteroatoms. The molecule has 1 heterocycles. The Bertz CT molecular complexity index is 470. The smallest absolute Gasteiger partial charge is 0.0417 e. The Labute approximate surface area is 121 Å². The number of nitrogens with two attached hydrogens (primary N) is 1. The highest BCUT2D eigenvalue weighted by atomic mass is 35.5. The van der Waals surface area contributed by atoms with Gasteiger partial charge in [-0.25, -0.2) is 0 Å². The summed E-state index contributed by atoms with van der Waals surface area (Å²) in [5, 5.41) is 2.90. The second kappa shape index (κ2) is 7.19. The first kappa shape index (κ1) is 13.9. The molecule has 0 bridgehead atoms. The van der Waals surface area contributed by atoms with Crippen molar-refractivity contribution in [3.05, 3.63) is 51.7 Å². The monoisotopic (exact) mass is 297 g/mol. The van der Waals surface area contributed by atoms with Crippen LogP contribution in [0.1, 0.15) is 11.3 Å². The van der Waals surface area contributed by atoms with Gasteiger partial charge >= 0.3 is 0 Å². The van der Waals surface area contributed by atoms with Crippen LogP contribution < -0.4 is 5.73 Å². The second-order valence-electron chi connectivity index (χ2n) is 4.15. The third kappa shape index (κ3) is 4.65. The van der Waals surface area contributed by atoms with Gasteiger partial charge < -0.3 is 5.73 Å². The molecule has 0 aliphatic rings. The fourth-order valence-electron chi connectivity index (χ4n) is 1.63. The van der Waals surface area contributed by atoms with Gasteiger partial charge in [0.15, 0.2) is 0 Å². The third-order valence-corrected chi connectivity index (χ3v) is 4.96. The molecule has 1 atom stereocenters. The second-order valence-corrected chi connectivity index (χ2v) is 6.71. The number of benzene rings is 1. The summed E-state index contributed by atoms with van der Waals surface area (Å²) in [4.78, 5) is 2.60. The fourth-order valence-corrected chi connectivity index (χ4v) is 3.56. The summed E-state index contributed by atoms with van der Waals surface area (Å²) in [5.41, 5.74) is 6.13. The number of halogens is 1. The van der Waals surface area contributed by atoms with Gasteiger partial charge in [0.25, 0.3) is 0 Å².